The van der Waals surface area contributed by atoms with Crippen molar-refractivity contribution in [3.8, 4) is 0 Å². The zero-order valence-corrected chi connectivity index (χ0v) is 19.5. The van der Waals surface area contributed by atoms with Crippen LogP contribution in [0, 0.1) is 0 Å². The van der Waals surface area contributed by atoms with Crippen molar-refractivity contribution in [1.82, 2.24) is 14.5 Å². The van der Waals surface area contributed by atoms with E-state index in [2.05, 4.69) is 9.97 Å². The molecule has 3 aromatic rings. The van der Waals surface area contributed by atoms with Gasteiger partial charge in [-0.15, -0.1) is 0 Å². The Morgan fingerprint density at radius 1 is 1.16 bits per heavy atom. The molecule has 1 amide bonds. The number of fused-ring (bicyclic) bond motifs is 2. The van der Waals surface area contributed by atoms with E-state index in [1.165, 1.54) is 10.8 Å². The van der Waals surface area contributed by atoms with Gasteiger partial charge in [0, 0.05) is 42.9 Å². The number of aryl methyl sites for hydroxylation is 1. The molecule has 168 valence electrons. The van der Waals surface area contributed by atoms with Crippen LogP contribution in [0.1, 0.15) is 20.8 Å². The van der Waals surface area contributed by atoms with Crippen molar-refractivity contribution in [2.45, 2.75) is 31.5 Å². The normalized spacial score (nSPS) is 14.9. The number of para-hydroxylation sites is 2. The fourth-order valence-electron chi connectivity index (χ4n) is 3.66. The third kappa shape index (κ3) is 4.03. The number of amides is 1. The first-order valence-corrected chi connectivity index (χ1v) is 11.7. The standard InChI is InChI=1S/C22H25N5O4S/c1-22(2,3)31-21(29)27-11-10-26(15-8-6-7-9-16(15)27)17-12-14-13-23-20(32(5)30)24-18(14)25(4)19(17)28/h6-9,12-13H,10-11H2,1-5H3. The predicted molar refractivity (Wildman–Crippen MR) is 124 cm³/mol. The molecule has 1 atom stereocenters. The van der Waals surface area contributed by atoms with E-state index in [1.807, 2.05) is 49.9 Å². The monoisotopic (exact) mass is 455 g/mol. The summed E-state index contributed by atoms with van der Waals surface area (Å²) in [5.74, 6) is 0. The lowest BCUT2D eigenvalue weighted by molar-refractivity contribution is 0.0580. The minimum Gasteiger partial charge on any atom is -0.609 e. The van der Waals surface area contributed by atoms with Gasteiger partial charge in [0.2, 0.25) is 0 Å². The van der Waals surface area contributed by atoms with Gasteiger partial charge in [-0.1, -0.05) is 12.1 Å². The van der Waals surface area contributed by atoms with Gasteiger partial charge in [0.05, 0.1) is 11.4 Å². The van der Waals surface area contributed by atoms with Crippen molar-refractivity contribution in [3.05, 3.63) is 46.9 Å². The van der Waals surface area contributed by atoms with Crippen molar-refractivity contribution in [3.63, 3.8) is 0 Å². The fraction of sp³-hybridized carbons (Fsp3) is 0.364. The topological polar surface area (TPSA) is 104 Å². The molecule has 0 radical (unpaired) electrons. The molecule has 1 aromatic carbocycles. The van der Waals surface area contributed by atoms with E-state index in [0.717, 1.165) is 5.69 Å². The average Bonchev–Trinajstić information content (AvgIpc) is 2.74. The van der Waals surface area contributed by atoms with Crippen LogP contribution in [0.4, 0.5) is 21.9 Å². The maximum Gasteiger partial charge on any atom is 0.414 e. The Bertz CT molecular complexity index is 1250. The van der Waals surface area contributed by atoms with E-state index in [4.69, 9.17) is 4.74 Å². The summed E-state index contributed by atoms with van der Waals surface area (Å²) in [4.78, 5) is 38.0. The van der Waals surface area contributed by atoms with Gasteiger partial charge in [-0.25, -0.2) is 4.79 Å². The Morgan fingerprint density at radius 3 is 2.50 bits per heavy atom. The number of pyridine rings is 1. The van der Waals surface area contributed by atoms with Crippen LogP contribution < -0.4 is 15.4 Å². The number of ether oxygens (including phenoxy) is 1. The Labute approximate surface area is 188 Å². The van der Waals surface area contributed by atoms with Gasteiger partial charge in [0.1, 0.15) is 17.5 Å². The van der Waals surface area contributed by atoms with Gasteiger partial charge < -0.3 is 14.2 Å². The number of carbonyl (C=O) groups is 1. The molecule has 0 bridgehead atoms. The molecule has 1 aliphatic heterocycles. The average molecular weight is 456 g/mol. The molecule has 10 heteroatoms. The van der Waals surface area contributed by atoms with E-state index in [1.54, 1.807) is 24.2 Å². The molecule has 32 heavy (non-hydrogen) atoms. The molecule has 0 N–H and O–H groups in total. The fourth-order valence-corrected chi connectivity index (χ4v) is 4.08. The summed E-state index contributed by atoms with van der Waals surface area (Å²) in [7, 11) is 1.63. The molecule has 1 aliphatic rings. The zero-order chi connectivity index (χ0) is 23.2. The third-order valence-corrected chi connectivity index (χ3v) is 5.79. The summed E-state index contributed by atoms with van der Waals surface area (Å²) < 4.78 is 18.8. The second-order valence-electron chi connectivity index (χ2n) is 8.55. The van der Waals surface area contributed by atoms with Gasteiger partial charge in [-0.05, 0) is 39.0 Å². The number of anilines is 3. The van der Waals surface area contributed by atoms with Crippen molar-refractivity contribution in [1.29, 1.82) is 0 Å². The van der Waals surface area contributed by atoms with E-state index in [0.29, 0.717) is 35.5 Å². The Hall–Kier alpha value is -3.11. The van der Waals surface area contributed by atoms with Crippen molar-refractivity contribution >= 4 is 45.4 Å². The van der Waals surface area contributed by atoms with Crippen LogP contribution in [0.15, 0.2) is 46.5 Å². The summed E-state index contributed by atoms with van der Waals surface area (Å²) in [6.45, 7) is 6.25. The molecule has 3 heterocycles. The van der Waals surface area contributed by atoms with E-state index >= 15 is 0 Å². The van der Waals surface area contributed by atoms with Crippen LogP contribution >= 0.6 is 0 Å². The summed E-state index contributed by atoms with van der Waals surface area (Å²) >= 11 is -1.35. The first-order chi connectivity index (χ1) is 15.1. The van der Waals surface area contributed by atoms with Crippen molar-refractivity contribution in [2.75, 3.05) is 29.1 Å². The molecule has 9 nitrogen and oxygen atoms in total. The number of aromatic nitrogens is 3. The Kier molecular flexibility index (Phi) is 5.59. The Morgan fingerprint density at radius 2 is 1.84 bits per heavy atom. The molecule has 4 rings (SSSR count). The molecular formula is C22H25N5O4S. The number of hydrogen-bond acceptors (Lipinski definition) is 7. The zero-order valence-electron chi connectivity index (χ0n) is 18.7. The van der Waals surface area contributed by atoms with Crippen LogP contribution in [-0.2, 0) is 23.0 Å². The lowest BCUT2D eigenvalue weighted by atomic mass is 10.1. The first-order valence-electron chi connectivity index (χ1n) is 10.1. The molecule has 0 saturated heterocycles. The van der Waals surface area contributed by atoms with Crippen LogP contribution in [-0.4, -0.2) is 50.1 Å². The van der Waals surface area contributed by atoms with Gasteiger partial charge in [-0.2, -0.15) is 9.97 Å². The molecule has 0 aliphatic carbocycles. The van der Waals surface area contributed by atoms with Crippen LogP contribution in [0.2, 0.25) is 0 Å². The highest BCUT2D eigenvalue weighted by Gasteiger charge is 2.31. The second kappa shape index (κ2) is 8.10. The van der Waals surface area contributed by atoms with Crippen LogP contribution in [0.3, 0.4) is 0 Å². The first kappa shape index (κ1) is 22.1. The van der Waals surface area contributed by atoms with Crippen molar-refractivity contribution < 1.29 is 14.1 Å². The molecule has 0 saturated carbocycles. The molecule has 1 unspecified atom stereocenters. The number of rotatable bonds is 2. The van der Waals surface area contributed by atoms with Gasteiger partial charge in [0.25, 0.3) is 5.56 Å². The van der Waals surface area contributed by atoms with E-state index < -0.39 is 22.9 Å². The molecule has 0 spiro atoms. The maximum atomic E-state index is 13.3. The van der Waals surface area contributed by atoms with Crippen LogP contribution in [0.25, 0.3) is 11.0 Å². The quantitative estimate of drug-likeness (QED) is 0.432. The number of hydrogen-bond donors (Lipinski definition) is 0. The summed E-state index contributed by atoms with van der Waals surface area (Å²) in [6.07, 6.45) is 2.64. The lowest BCUT2D eigenvalue weighted by Gasteiger charge is -2.38. The maximum absolute atomic E-state index is 13.3. The number of benzene rings is 1. The van der Waals surface area contributed by atoms with Gasteiger partial charge in [0.15, 0.2) is 5.65 Å². The van der Waals surface area contributed by atoms with Crippen molar-refractivity contribution in [2.24, 2.45) is 7.05 Å². The highest BCUT2D eigenvalue weighted by molar-refractivity contribution is 7.90. The van der Waals surface area contributed by atoms with Gasteiger partial charge in [-0.3, -0.25) is 14.3 Å². The number of carbonyl (C=O) groups excluding carboxylic acids is 1. The molecular weight excluding hydrogens is 430 g/mol. The van der Waals surface area contributed by atoms with Gasteiger partial charge >= 0.3 is 11.2 Å². The minimum atomic E-state index is -1.35. The predicted octanol–water partition coefficient (Wildman–Crippen LogP) is 2.96. The lowest BCUT2D eigenvalue weighted by Crippen LogP contribution is -2.45. The van der Waals surface area contributed by atoms with E-state index in [-0.39, 0.29) is 10.7 Å². The third-order valence-electron chi connectivity index (χ3n) is 5.08. The Balaban J connectivity index is 1.79. The highest BCUT2D eigenvalue weighted by atomic mass is 32.2. The number of nitrogens with zero attached hydrogens (tertiary/aromatic N) is 5. The summed E-state index contributed by atoms with van der Waals surface area (Å²) in [6, 6.07) is 9.15. The largest absolute Gasteiger partial charge is 0.609 e. The molecule has 0 fully saturated rings. The summed E-state index contributed by atoms with van der Waals surface area (Å²) in [5, 5.41) is 0.833. The second-order valence-corrected chi connectivity index (χ2v) is 9.83. The van der Waals surface area contributed by atoms with Crippen LogP contribution in [0.5, 0.6) is 0 Å². The minimum absolute atomic E-state index is 0.177. The molecule has 2 aromatic heterocycles. The SMILES string of the molecule is Cn1c(=O)c(N2CCN(C(=O)OC(C)(C)C)c3ccccc32)cc2cnc([S+](C)[O-])nc21. The van der Waals surface area contributed by atoms with E-state index in [9.17, 15) is 14.1 Å². The highest BCUT2D eigenvalue weighted by Crippen LogP contribution is 2.37. The summed E-state index contributed by atoms with van der Waals surface area (Å²) in [5.41, 5.74) is 1.41. The smallest absolute Gasteiger partial charge is 0.414 e.